The second-order valence-electron chi connectivity index (χ2n) is 8.08. The molecule has 8 heteroatoms. The van der Waals surface area contributed by atoms with Gasteiger partial charge in [-0.25, -0.2) is 0 Å². The summed E-state index contributed by atoms with van der Waals surface area (Å²) in [5, 5.41) is 3.40. The minimum absolute atomic E-state index is 0.105. The van der Waals surface area contributed by atoms with Crippen LogP contribution >= 0.6 is 23.1 Å². The molecule has 0 amide bonds. The van der Waals surface area contributed by atoms with Crippen molar-refractivity contribution < 1.29 is 9.31 Å². The van der Waals surface area contributed by atoms with E-state index in [1.165, 1.54) is 28.8 Å². The Hall–Kier alpha value is -1.21. The molecule has 2 saturated heterocycles. The molecule has 0 radical (unpaired) electrons. The van der Waals surface area contributed by atoms with Crippen LogP contribution in [-0.2, 0) is 27.7 Å². The minimum atomic E-state index is -0.105. The molecule has 6 rings (SSSR count). The van der Waals surface area contributed by atoms with Crippen molar-refractivity contribution in [1.82, 2.24) is 4.72 Å². The van der Waals surface area contributed by atoms with Crippen molar-refractivity contribution >= 4 is 42.4 Å². The van der Waals surface area contributed by atoms with Crippen LogP contribution < -0.4 is 0 Å². The molecule has 2 fully saturated rings. The lowest BCUT2D eigenvalue weighted by atomic mass is 9.68. The van der Waals surface area contributed by atoms with Crippen LogP contribution in [0.1, 0.15) is 28.8 Å². The first-order valence-electron chi connectivity index (χ1n) is 10.2. The maximum Gasteiger partial charge on any atom is 0.431 e. The zero-order chi connectivity index (χ0) is 18.6. The molecule has 4 heterocycles. The Morgan fingerprint density at radius 1 is 1.14 bits per heavy atom. The van der Waals surface area contributed by atoms with Gasteiger partial charge in [0.2, 0.25) is 0 Å². The average Bonchev–Trinajstić information content (AvgIpc) is 3.67. The number of hydrogen-bond donors (Lipinski definition) is 0. The summed E-state index contributed by atoms with van der Waals surface area (Å²) in [4.78, 5) is 7.08. The number of hydrogen-bond acceptors (Lipinski definition) is 6. The first-order valence-corrected chi connectivity index (χ1v) is 12.0. The molecule has 0 saturated carbocycles. The summed E-state index contributed by atoms with van der Waals surface area (Å²) in [6, 6.07) is 13.3. The Morgan fingerprint density at radius 3 is 2.68 bits per heavy atom. The van der Waals surface area contributed by atoms with Crippen LogP contribution in [-0.4, -0.2) is 42.8 Å². The predicted molar refractivity (Wildman–Crippen MR) is 118 cm³/mol. The standard InChI is InChI=1S/C20H22B2N2O2S2/c1-2-4-15(5-3-1)12-16-6-7-18-17(8-10-27-18)20(16)9-11-28-19(23-20)24(21-13-25-21)22-14-26-22/h1-5,8,10,16H,6-7,9,11-14H2. The van der Waals surface area contributed by atoms with E-state index in [9.17, 15) is 0 Å². The molecule has 1 spiro atoms. The lowest BCUT2D eigenvalue weighted by Gasteiger charge is -2.45. The SMILES string of the molecule is c1ccc(CC2CCc3sccc3C23CCSC(N(B2CO2)B2CO2)=N3)cc1. The van der Waals surface area contributed by atoms with Gasteiger partial charge in [0.1, 0.15) is 5.17 Å². The summed E-state index contributed by atoms with van der Waals surface area (Å²) in [6.45, 7) is 1.59. The molecule has 2 unspecified atom stereocenters. The van der Waals surface area contributed by atoms with Crippen molar-refractivity contribution in [2.45, 2.75) is 31.2 Å². The highest BCUT2D eigenvalue weighted by Crippen LogP contribution is 2.51. The van der Waals surface area contributed by atoms with Crippen molar-refractivity contribution in [3.8, 4) is 0 Å². The van der Waals surface area contributed by atoms with Gasteiger partial charge in [0.05, 0.1) is 18.6 Å². The third kappa shape index (κ3) is 3.05. The molecule has 1 aromatic carbocycles. The zero-order valence-corrected chi connectivity index (χ0v) is 17.4. The van der Waals surface area contributed by atoms with Crippen molar-refractivity contribution in [2.75, 3.05) is 18.8 Å². The highest BCUT2D eigenvalue weighted by molar-refractivity contribution is 8.14. The molecule has 2 atom stereocenters. The quantitative estimate of drug-likeness (QED) is 0.572. The van der Waals surface area contributed by atoms with Gasteiger partial charge in [-0.15, -0.1) is 11.3 Å². The van der Waals surface area contributed by atoms with Crippen molar-refractivity contribution in [3.05, 3.63) is 57.8 Å². The number of benzene rings is 1. The monoisotopic (exact) mass is 408 g/mol. The largest absolute Gasteiger partial charge is 0.431 e. The third-order valence-corrected chi connectivity index (χ3v) is 8.36. The molecule has 4 nitrogen and oxygen atoms in total. The van der Waals surface area contributed by atoms with Gasteiger partial charge in [-0.3, -0.25) is 4.99 Å². The second-order valence-corrected chi connectivity index (χ2v) is 10.1. The lowest BCUT2D eigenvalue weighted by Crippen LogP contribution is -2.47. The summed E-state index contributed by atoms with van der Waals surface area (Å²) < 4.78 is 13.6. The summed E-state index contributed by atoms with van der Waals surface area (Å²) in [5.41, 5.74) is 2.80. The van der Waals surface area contributed by atoms with E-state index >= 15 is 0 Å². The fraction of sp³-hybridized carbons (Fsp3) is 0.450. The fourth-order valence-corrected chi connectivity index (χ4v) is 7.06. The van der Waals surface area contributed by atoms with Gasteiger partial charge in [0.15, 0.2) is 0 Å². The van der Waals surface area contributed by atoms with Gasteiger partial charge in [-0.05, 0) is 54.2 Å². The number of thiophene rings is 1. The van der Waals surface area contributed by atoms with Crippen LogP contribution in [0.4, 0.5) is 0 Å². The van der Waals surface area contributed by atoms with E-state index in [0.717, 1.165) is 36.8 Å². The number of aliphatic imine (C=N–C) groups is 1. The van der Waals surface area contributed by atoms with Gasteiger partial charge in [-0.2, -0.15) is 0 Å². The number of rotatable bonds is 4. The van der Waals surface area contributed by atoms with Crippen LogP contribution in [0.15, 0.2) is 46.8 Å². The Labute approximate surface area is 175 Å². The average molecular weight is 408 g/mol. The smallest absolute Gasteiger partial charge is 0.418 e. The van der Waals surface area contributed by atoms with E-state index in [-0.39, 0.29) is 19.6 Å². The summed E-state index contributed by atoms with van der Waals surface area (Å²) in [5.74, 6) is 1.64. The Bertz CT molecular complexity index is 889. The van der Waals surface area contributed by atoms with Crippen molar-refractivity contribution in [3.63, 3.8) is 0 Å². The zero-order valence-electron chi connectivity index (χ0n) is 15.8. The highest BCUT2D eigenvalue weighted by Gasteiger charge is 2.54. The van der Waals surface area contributed by atoms with Crippen molar-refractivity contribution in [1.29, 1.82) is 0 Å². The molecule has 0 bridgehead atoms. The maximum absolute atomic E-state index is 5.63. The molecule has 1 aromatic heterocycles. The molecule has 2 aromatic rings. The molecule has 28 heavy (non-hydrogen) atoms. The molecular weight excluding hydrogens is 386 g/mol. The molecule has 4 aliphatic rings. The number of amidine groups is 1. The first kappa shape index (κ1) is 17.6. The van der Waals surface area contributed by atoms with Crippen LogP contribution in [0, 0.1) is 5.92 Å². The summed E-state index contributed by atoms with van der Waals surface area (Å²) in [6.07, 6.45) is 4.61. The second kappa shape index (κ2) is 6.94. The van der Waals surface area contributed by atoms with Gasteiger partial charge in [-0.1, -0.05) is 42.1 Å². The van der Waals surface area contributed by atoms with Crippen LogP contribution in [0.2, 0.25) is 0 Å². The topological polar surface area (TPSA) is 40.7 Å². The Morgan fingerprint density at radius 2 is 1.93 bits per heavy atom. The van der Waals surface area contributed by atoms with Gasteiger partial charge >= 0.3 is 14.1 Å². The number of thioether (sulfide) groups is 1. The molecular formula is C20H22B2N2O2S2. The summed E-state index contributed by atoms with van der Waals surface area (Å²) in [7, 11) is 0.319. The van der Waals surface area contributed by atoms with E-state index in [1.807, 2.05) is 23.1 Å². The Balaban J connectivity index is 1.42. The first-order chi connectivity index (χ1) is 13.8. The molecule has 0 N–H and O–H groups in total. The van der Waals surface area contributed by atoms with Gasteiger partial charge < -0.3 is 14.0 Å². The van der Waals surface area contributed by atoms with E-state index in [1.54, 1.807) is 0 Å². The molecule has 1 aliphatic carbocycles. The minimum Gasteiger partial charge on any atom is -0.418 e. The van der Waals surface area contributed by atoms with E-state index < -0.39 is 0 Å². The Kier molecular flexibility index (Phi) is 4.37. The molecule has 142 valence electrons. The predicted octanol–water partition coefficient (Wildman–Crippen LogP) is 3.66. The van der Waals surface area contributed by atoms with Crippen LogP contribution in [0.25, 0.3) is 0 Å². The molecule has 3 aliphatic heterocycles. The normalized spacial score (nSPS) is 28.1. The van der Waals surface area contributed by atoms with Crippen LogP contribution in [0.5, 0.6) is 0 Å². The van der Waals surface area contributed by atoms with E-state index in [0.29, 0.717) is 5.92 Å². The van der Waals surface area contributed by atoms with Crippen molar-refractivity contribution in [2.24, 2.45) is 10.9 Å². The third-order valence-electron chi connectivity index (χ3n) is 6.41. The highest BCUT2D eigenvalue weighted by atomic mass is 32.2. The maximum atomic E-state index is 5.63. The van der Waals surface area contributed by atoms with Gasteiger partial charge in [0.25, 0.3) is 0 Å². The summed E-state index contributed by atoms with van der Waals surface area (Å²) >= 11 is 3.79. The fourth-order valence-electron chi connectivity index (χ4n) is 4.87. The van der Waals surface area contributed by atoms with Gasteiger partial charge in [0, 0.05) is 10.6 Å². The van der Waals surface area contributed by atoms with E-state index in [2.05, 4.69) is 46.5 Å². The number of fused-ring (bicyclic) bond motifs is 2. The number of nitrogens with zero attached hydrogens (tertiary/aromatic N) is 2. The number of aryl methyl sites for hydroxylation is 1. The van der Waals surface area contributed by atoms with E-state index in [4.69, 9.17) is 14.3 Å². The van der Waals surface area contributed by atoms with Crippen LogP contribution in [0.3, 0.4) is 0 Å². The lowest BCUT2D eigenvalue weighted by molar-refractivity contribution is 0.233.